The molecule has 0 saturated carbocycles. The van der Waals surface area contributed by atoms with E-state index in [1.807, 2.05) is 30.3 Å². The van der Waals surface area contributed by atoms with Crippen LogP contribution in [-0.2, 0) is 6.42 Å². The summed E-state index contributed by atoms with van der Waals surface area (Å²) in [5.41, 5.74) is 15.4. The van der Waals surface area contributed by atoms with E-state index >= 15 is 0 Å². The Kier molecular flexibility index (Phi) is 8.91. The normalized spacial score (nSPS) is 12.4. The molecule has 5 nitrogen and oxygen atoms in total. The van der Waals surface area contributed by atoms with Gasteiger partial charge in [-0.1, -0.05) is 152 Å². The van der Waals surface area contributed by atoms with Crippen LogP contribution in [0.3, 0.4) is 0 Å². The lowest BCUT2D eigenvalue weighted by Crippen LogP contribution is -2.00. The highest BCUT2D eigenvalue weighted by Gasteiger charge is 2.23. The topological polar surface area (TPSA) is 65.0 Å². The fourth-order valence-corrected chi connectivity index (χ4v) is 9.68. The van der Waals surface area contributed by atoms with Gasteiger partial charge in [-0.3, -0.25) is 0 Å². The largest absolute Gasteiger partial charge is 0.460 e. The summed E-state index contributed by atoms with van der Waals surface area (Å²) in [6.07, 6.45) is 6.30. The highest BCUT2D eigenvalue weighted by molar-refractivity contribution is 6.08. The SMILES string of the molecule is C1=Cc2c(oc3c(-c4cc(-c5ccccc5)cc(-c5ccccc5)c4)ccc(-c4cccc(-c5nc(-c6ccc7ccccc7c6)nc(-c6ccc7oc8ccccc8c7c6)n5)c4)c23)CC1. The van der Waals surface area contributed by atoms with Crippen LogP contribution in [0.25, 0.3) is 128 Å². The molecule has 0 saturated heterocycles. The number of hydrogen-bond donors (Lipinski definition) is 0. The fourth-order valence-electron chi connectivity index (χ4n) is 9.68. The van der Waals surface area contributed by atoms with Gasteiger partial charge in [0.05, 0.1) is 0 Å². The second-order valence-corrected chi connectivity index (χ2v) is 17.0. The van der Waals surface area contributed by atoms with Crippen molar-refractivity contribution in [1.82, 2.24) is 15.0 Å². The van der Waals surface area contributed by atoms with Crippen LogP contribution in [-0.4, -0.2) is 15.0 Å². The number of aryl methyl sites for hydroxylation is 1. The number of para-hydroxylation sites is 1. The van der Waals surface area contributed by atoms with Gasteiger partial charge in [-0.15, -0.1) is 0 Å². The van der Waals surface area contributed by atoms with Gasteiger partial charge < -0.3 is 8.83 Å². The molecule has 0 radical (unpaired) electrons. The zero-order valence-electron chi connectivity index (χ0n) is 35.8. The number of furan rings is 2. The van der Waals surface area contributed by atoms with Crippen LogP contribution >= 0.6 is 0 Å². The van der Waals surface area contributed by atoms with Gasteiger partial charge in [0, 0.05) is 50.4 Å². The molecule has 12 aromatic rings. The maximum Gasteiger partial charge on any atom is 0.164 e. The van der Waals surface area contributed by atoms with E-state index in [0.717, 1.165) is 118 Å². The molecule has 0 fully saturated rings. The molecule has 66 heavy (non-hydrogen) atoms. The van der Waals surface area contributed by atoms with Crippen LogP contribution in [0.1, 0.15) is 17.7 Å². The van der Waals surface area contributed by atoms with Crippen LogP contribution in [0.15, 0.2) is 215 Å². The Hall–Kier alpha value is -8.67. The van der Waals surface area contributed by atoms with Crippen molar-refractivity contribution in [3.63, 3.8) is 0 Å². The molecule has 13 rings (SSSR count). The number of nitrogens with zero attached hydrogens (tertiary/aromatic N) is 3. The third-order valence-electron chi connectivity index (χ3n) is 12.9. The summed E-state index contributed by atoms with van der Waals surface area (Å²) >= 11 is 0. The van der Waals surface area contributed by atoms with Gasteiger partial charge in [0.2, 0.25) is 0 Å². The Morgan fingerprint density at radius 3 is 1.71 bits per heavy atom. The zero-order valence-corrected chi connectivity index (χ0v) is 35.8. The maximum atomic E-state index is 6.96. The fraction of sp³-hybridized carbons (Fsp3) is 0.0328. The van der Waals surface area contributed by atoms with E-state index in [9.17, 15) is 0 Å². The third kappa shape index (κ3) is 6.60. The Morgan fingerprint density at radius 2 is 0.939 bits per heavy atom. The molecule has 1 aliphatic carbocycles. The maximum absolute atomic E-state index is 6.96. The van der Waals surface area contributed by atoms with E-state index in [2.05, 4.69) is 182 Å². The van der Waals surface area contributed by atoms with Gasteiger partial charge in [0.15, 0.2) is 17.5 Å². The average molecular weight is 846 g/mol. The molecule has 1 aliphatic rings. The highest BCUT2D eigenvalue weighted by atomic mass is 16.3. The first-order valence-electron chi connectivity index (χ1n) is 22.5. The first kappa shape index (κ1) is 37.8. The molecule has 0 atom stereocenters. The van der Waals surface area contributed by atoms with Crippen LogP contribution in [0.5, 0.6) is 0 Å². The minimum absolute atomic E-state index is 0.592. The van der Waals surface area contributed by atoms with E-state index in [-0.39, 0.29) is 0 Å². The van der Waals surface area contributed by atoms with E-state index < -0.39 is 0 Å². The highest BCUT2D eigenvalue weighted by Crippen LogP contribution is 2.45. The minimum atomic E-state index is 0.592. The Morgan fingerprint density at radius 1 is 0.364 bits per heavy atom. The summed E-state index contributed by atoms with van der Waals surface area (Å²) in [5, 5.41) is 5.47. The van der Waals surface area contributed by atoms with Gasteiger partial charge >= 0.3 is 0 Å². The van der Waals surface area contributed by atoms with Crippen molar-refractivity contribution in [3.8, 4) is 78.7 Å². The van der Waals surface area contributed by atoms with Gasteiger partial charge in [0.25, 0.3) is 0 Å². The Bertz CT molecular complexity index is 3820. The van der Waals surface area contributed by atoms with Crippen LogP contribution < -0.4 is 0 Å². The lowest BCUT2D eigenvalue weighted by atomic mass is 9.89. The van der Waals surface area contributed by atoms with Crippen molar-refractivity contribution in [1.29, 1.82) is 0 Å². The lowest BCUT2D eigenvalue weighted by Gasteiger charge is -2.14. The molecular weight excluding hydrogens is 807 g/mol. The van der Waals surface area contributed by atoms with Crippen molar-refractivity contribution in [2.45, 2.75) is 12.8 Å². The van der Waals surface area contributed by atoms with Crippen LogP contribution in [0, 0.1) is 0 Å². The average Bonchev–Trinajstić information content (AvgIpc) is 3.97. The van der Waals surface area contributed by atoms with Gasteiger partial charge in [-0.05, 0) is 117 Å². The number of benzene rings is 9. The second kappa shape index (κ2) is 15.5. The van der Waals surface area contributed by atoms with Crippen LogP contribution in [0.2, 0.25) is 0 Å². The monoisotopic (exact) mass is 845 g/mol. The smallest absolute Gasteiger partial charge is 0.164 e. The molecule has 0 aliphatic heterocycles. The Labute approximate surface area is 381 Å². The molecule has 0 unspecified atom stereocenters. The van der Waals surface area contributed by atoms with E-state index in [1.165, 1.54) is 11.1 Å². The molecule has 0 amide bonds. The summed E-state index contributed by atoms with van der Waals surface area (Å²) in [5.74, 6) is 2.81. The van der Waals surface area contributed by atoms with Crippen molar-refractivity contribution >= 4 is 49.8 Å². The molecule has 3 aromatic heterocycles. The summed E-state index contributed by atoms with van der Waals surface area (Å²) in [6, 6.07) is 70.3. The molecule has 310 valence electrons. The van der Waals surface area contributed by atoms with Crippen molar-refractivity contribution < 1.29 is 8.83 Å². The van der Waals surface area contributed by atoms with E-state index in [4.69, 9.17) is 23.8 Å². The number of allylic oxidation sites excluding steroid dienone is 1. The van der Waals surface area contributed by atoms with E-state index in [0.29, 0.717) is 17.5 Å². The molecule has 0 N–H and O–H groups in total. The molecular formula is C61H39N3O2. The standard InChI is InChI=1S/C61H39N3O2/c1-3-14-38(15-4-1)46-34-47(39-16-5-2-6-17-39)36-48(35-46)50-30-29-49(57-52-23-10-12-25-55(52)66-58(50)57)42-20-13-21-43(33-42)59-62-60(44-27-26-40-18-7-8-19-41(40)32-44)64-61(63-59)45-28-31-56-53(37-45)51-22-9-11-24-54(51)65-56/h1-11,13-24,26-37H,12,25H2. The predicted octanol–water partition coefficient (Wildman–Crippen LogP) is 16.3. The molecule has 9 aromatic carbocycles. The summed E-state index contributed by atoms with van der Waals surface area (Å²) in [7, 11) is 0. The molecule has 3 heterocycles. The van der Waals surface area contributed by atoms with Gasteiger partial charge in [0.1, 0.15) is 22.5 Å². The Balaban J connectivity index is 0.977. The predicted molar refractivity (Wildman–Crippen MR) is 270 cm³/mol. The first-order valence-corrected chi connectivity index (χ1v) is 22.5. The second-order valence-electron chi connectivity index (χ2n) is 17.0. The number of fused-ring (bicyclic) bond motifs is 7. The molecule has 5 heteroatoms. The minimum Gasteiger partial charge on any atom is -0.460 e. The van der Waals surface area contributed by atoms with E-state index in [1.54, 1.807) is 0 Å². The van der Waals surface area contributed by atoms with Gasteiger partial charge in [-0.2, -0.15) is 0 Å². The number of rotatable bonds is 7. The third-order valence-corrected chi connectivity index (χ3v) is 12.9. The van der Waals surface area contributed by atoms with Crippen molar-refractivity contribution in [3.05, 3.63) is 218 Å². The number of aromatic nitrogens is 3. The quantitative estimate of drug-likeness (QED) is 0.160. The first-order chi connectivity index (χ1) is 32.7. The van der Waals surface area contributed by atoms with Crippen LogP contribution in [0.4, 0.5) is 0 Å². The lowest BCUT2D eigenvalue weighted by molar-refractivity contribution is 0.547. The summed E-state index contributed by atoms with van der Waals surface area (Å²) in [6.45, 7) is 0. The molecule has 0 bridgehead atoms. The van der Waals surface area contributed by atoms with Crippen molar-refractivity contribution in [2.24, 2.45) is 0 Å². The zero-order chi connectivity index (χ0) is 43.6. The van der Waals surface area contributed by atoms with Gasteiger partial charge in [-0.25, -0.2) is 15.0 Å². The number of hydrogen-bond acceptors (Lipinski definition) is 5. The molecule has 0 spiro atoms. The summed E-state index contributed by atoms with van der Waals surface area (Å²) < 4.78 is 13.2. The van der Waals surface area contributed by atoms with Crippen molar-refractivity contribution in [2.75, 3.05) is 0 Å². The summed E-state index contributed by atoms with van der Waals surface area (Å²) in [4.78, 5) is 15.6.